The Labute approximate surface area is 89.3 Å². The molecule has 0 aromatic rings. The molecule has 0 unspecified atom stereocenters. The smallest absolute Gasteiger partial charge is 0.00218 e. The van der Waals surface area contributed by atoms with Crippen LogP contribution in [0, 0.1) is 0 Å². The van der Waals surface area contributed by atoms with Gasteiger partial charge in [-0.05, 0) is 66.0 Å². The van der Waals surface area contributed by atoms with Crippen molar-refractivity contribution in [3.63, 3.8) is 0 Å². The number of hydrogen-bond acceptors (Lipinski definition) is 2. The molecule has 84 valence electrons. The topological polar surface area (TPSA) is 6.48 Å². The van der Waals surface area contributed by atoms with E-state index in [0.29, 0.717) is 0 Å². The van der Waals surface area contributed by atoms with Gasteiger partial charge in [0.25, 0.3) is 0 Å². The summed E-state index contributed by atoms with van der Waals surface area (Å²) in [4.78, 5) is 4.98. The van der Waals surface area contributed by atoms with Gasteiger partial charge < -0.3 is 9.80 Å². The van der Waals surface area contributed by atoms with E-state index in [9.17, 15) is 0 Å². The van der Waals surface area contributed by atoms with Crippen LogP contribution in [0.25, 0.3) is 0 Å². The quantitative estimate of drug-likeness (QED) is 0.589. The zero-order valence-electron chi connectivity index (χ0n) is 9.97. The molecule has 0 aliphatic carbocycles. The molecular weight excluding hydrogens is 172 g/mol. The van der Waals surface area contributed by atoms with E-state index in [1.54, 1.807) is 0 Å². The fourth-order valence-electron chi connectivity index (χ4n) is 2.10. The Bertz CT molecular complexity index is 108. The predicted molar refractivity (Wildman–Crippen MR) is 62.7 cm³/mol. The van der Waals surface area contributed by atoms with Crippen LogP contribution in [0.2, 0.25) is 0 Å². The molecule has 0 radical (unpaired) electrons. The highest BCUT2D eigenvalue weighted by atomic mass is 15.1. The van der Waals surface area contributed by atoms with Gasteiger partial charge in [-0.2, -0.15) is 0 Å². The molecule has 0 amide bonds. The fraction of sp³-hybridized carbons (Fsp3) is 1.00. The van der Waals surface area contributed by atoms with Crippen LogP contribution in [0.5, 0.6) is 0 Å². The first-order valence-electron chi connectivity index (χ1n) is 6.16. The summed E-state index contributed by atoms with van der Waals surface area (Å²) in [6.45, 7) is 5.18. The lowest BCUT2D eigenvalue weighted by Crippen LogP contribution is -2.24. The average molecular weight is 198 g/mol. The van der Waals surface area contributed by atoms with Crippen molar-refractivity contribution in [3.05, 3.63) is 0 Å². The molecule has 1 aliphatic rings. The summed E-state index contributed by atoms with van der Waals surface area (Å²) in [5, 5.41) is 0. The van der Waals surface area contributed by atoms with E-state index in [2.05, 4.69) is 23.9 Å². The summed E-state index contributed by atoms with van der Waals surface area (Å²) in [5.41, 5.74) is 0. The van der Waals surface area contributed by atoms with Crippen LogP contribution in [0.1, 0.15) is 38.5 Å². The van der Waals surface area contributed by atoms with Crippen LogP contribution in [-0.4, -0.2) is 50.1 Å². The lowest BCUT2D eigenvalue weighted by molar-refractivity contribution is 0.277. The molecule has 2 nitrogen and oxygen atoms in total. The van der Waals surface area contributed by atoms with E-state index in [-0.39, 0.29) is 0 Å². The highest BCUT2D eigenvalue weighted by molar-refractivity contribution is 4.58. The van der Waals surface area contributed by atoms with Gasteiger partial charge >= 0.3 is 0 Å². The summed E-state index contributed by atoms with van der Waals surface area (Å²) < 4.78 is 0. The Kier molecular flexibility index (Phi) is 6.20. The number of hydrogen-bond donors (Lipinski definition) is 0. The highest BCUT2D eigenvalue weighted by Crippen LogP contribution is 2.05. The predicted octanol–water partition coefficient (Wildman–Crippen LogP) is 2.20. The summed E-state index contributed by atoms with van der Waals surface area (Å²) in [6.07, 6.45) is 8.31. The van der Waals surface area contributed by atoms with E-state index in [1.165, 1.54) is 64.7 Å². The maximum absolute atomic E-state index is 2.49. The maximum Gasteiger partial charge on any atom is -0.00218 e. The third-order valence-electron chi connectivity index (χ3n) is 3.16. The van der Waals surface area contributed by atoms with Crippen molar-refractivity contribution >= 4 is 0 Å². The first-order chi connectivity index (χ1) is 6.79. The first-order valence-corrected chi connectivity index (χ1v) is 6.16. The molecular formula is C12H26N2. The molecule has 0 spiro atoms. The second-order valence-corrected chi connectivity index (χ2v) is 4.73. The molecule has 1 heterocycles. The summed E-state index contributed by atoms with van der Waals surface area (Å²) >= 11 is 0. The summed E-state index contributed by atoms with van der Waals surface area (Å²) in [6, 6.07) is 0. The van der Waals surface area contributed by atoms with Gasteiger partial charge in [-0.25, -0.2) is 0 Å². The van der Waals surface area contributed by atoms with Crippen LogP contribution in [0.3, 0.4) is 0 Å². The Hall–Kier alpha value is -0.0800. The molecule has 1 fully saturated rings. The van der Waals surface area contributed by atoms with Gasteiger partial charge in [0, 0.05) is 0 Å². The van der Waals surface area contributed by atoms with Gasteiger partial charge in [0.2, 0.25) is 0 Å². The molecule has 1 rings (SSSR count). The van der Waals surface area contributed by atoms with E-state index >= 15 is 0 Å². The Morgan fingerprint density at radius 1 is 0.500 bits per heavy atom. The van der Waals surface area contributed by atoms with Crippen LogP contribution >= 0.6 is 0 Å². The SMILES string of the molecule is CN1CCCCCN(C)CCCCC1. The second-order valence-electron chi connectivity index (χ2n) is 4.73. The molecule has 0 saturated carbocycles. The van der Waals surface area contributed by atoms with E-state index in [0.717, 1.165) is 0 Å². The summed E-state index contributed by atoms with van der Waals surface area (Å²) in [5.74, 6) is 0. The van der Waals surface area contributed by atoms with Crippen molar-refractivity contribution in [3.8, 4) is 0 Å². The van der Waals surface area contributed by atoms with Gasteiger partial charge in [0.15, 0.2) is 0 Å². The van der Waals surface area contributed by atoms with Gasteiger partial charge in [-0.1, -0.05) is 12.8 Å². The largest absolute Gasteiger partial charge is 0.306 e. The highest BCUT2D eigenvalue weighted by Gasteiger charge is 2.02. The molecule has 2 heteroatoms. The van der Waals surface area contributed by atoms with Crippen molar-refractivity contribution in [1.29, 1.82) is 0 Å². The zero-order valence-corrected chi connectivity index (χ0v) is 9.97. The van der Waals surface area contributed by atoms with Crippen molar-refractivity contribution in [2.24, 2.45) is 0 Å². The molecule has 1 aliphatic heterocycles. The van der Waals surface area contributed by atoms with Crippen molar-refractivity contribution < 1.29 is 0 Å². The number of nitrogens with zero attached hydrogens (tertiary/aromatic N) is 2. The molecule has 0 atom stereocenters. The van der Waals surface area contributed by atoms with Gasteiger partial charge in [-0.15, -0.1) is 0 Å². The molecule has 0 aromatic heterocycles. The third-order valence-corrected chi connectivity index (χ3v) is 3.16. The van der Waals surface area contributed by atoms with Crippen LogP contribution < -0.4 is 0 Å². The minimum absolute atomic E-state index is 1.30. The maximum atomic E-state index is 2.49. The lowest BCUT2D eigenvalue weighted by Gasteiger charge is -2.20. The van der Waals surface area contributed by atoms with Crippen LogP contribution in [0.15, 0.2) is 0 Å². The number of rotatable bonds is 0. The zero-order chi connectivity index (χ0) is 10.2. The lowest BCUT2D eigenvalue weighted by atomic mass is 10.1. The van der Waals surface area contributed by atoms with Crippen LogP contribution in [-0.2, 0) is 0 Å². The van der Waals surface area contributed by atoms with Crippen molar-refractivity contribution in [2.45, 2.75) is 38.5 Å². The van der Waals surface area contributed by atoms with E-state index in [1.807, 2.05) is 0 Å². The van der Waals surface area contributed by atoms with Crippen molar-refractivity contribution in [2.75, 3.05) is 40.3 Å². The van der Waals surface area contributed by atoms with Gasteiger partial charge in [-0.3, -0.25) is 0 Å². The first kappa shape index (κ1) is 12.0. The molecule has 0 bridgehead atoms. The fourth-order valence-corrected chi connectivity index (χ4v) is 2.10. The molecule has 14 heavy (non-hydrogen) atoms. The van der Waals surface area contributed by atoms with Gasteiger partial charge in [0.1, 0.15) is 0 Å². The third kappa shape index (κ3) is 5.61. The summed E-state index contributed by atoms with van der Waals surface area (Å²) in [7, 11) is 4.52. The van der Waals surface area contributed by atoms with Crippen molar-refractivity contribution in [1.82, 2.24) is 9.80 Å². The van der Waals surface area contributed by atoms with Gasteiger partial charge in [0.05, 0.1) is 0 Å². The Morgan fingerprint density at radius 3 is 1.07 bits per heavy atom. The second kappa shape index (κ2) is 7.24. The Morgan fingerprint density at radius 2 is 0.786 bits per heavy atom. The van der Waals surface area contributed by atoms with Crippen LogP contribution in [0.4, 0.5) is 0 Å². The molecule has 1 saturated heterocycles. The standard InChI is InChI=1S/C12H26N2/c1-13-9-5-3-7-11-14(2)12-8-4-6-10-13/h3-12H2,1-2H3. The monoisotopic (exact) mass is 198 g/mol. The van der Waals surface area contributed by atoms with E-state index in [4.69, 9.17) is 0 Å². The molecule has 0 N–H and O–H groups in total. The Balaban J connectivity index is 2.19. The minimum atomic E-state index is 1.30. The average Bonchev–Trinajstić information content (AvgIpc) is 2.14. The minimum Gasteiger partial charge on any atom is -0.306 e. The normalized spacial score (nSPS) is 25.3. The molecule has 0 aromatic carbocycles. The van der Waals surface area contributed by atoms with E-state index < -0.39 is 0 Å².